The van der Waals surface area contributed by atoms with Crippen LogP contribution in [-0.4, -0.2) is 16.6 Å². The Bertz CT molecular complexity index is 1500. The van der Waals surface area contributed by atoms with E-state index in [0.717, 1.165) is 18.2 Å². The van der Waals surface area contributed by atoms with Crippen LogP contribution in [0.3, 0.4) is 0 Å². The Kier molecular flexibility index (Phi) is 3.49. The number of H-pyrrole nitrogens is 1. The number of hydrogen-bond acceptors (Lipinski definition) is 4. The molecule has 0 atom stereocenters. The zero-order valence-electron chi connectivity index (χ0n) is 15.1. The summed E-state index contributed by atoms with van der Waals surface area (Å²) in [6.07, 6.45) is -4.61. The topological polar surface area (TPSA) is 93.0 Å². The van der Waals surface area contributed by atoms with Crippen molar-refractivity contribution >= 4 is 39.1 Å². The van der Waals surface area contributed by atoms with Gasteiger partial charge in [0.05, 0.1) is 22.2 Å². The van der Waals surface area contributed by atoms with Gasteiger partial charge in [-0.2, -0.15) is 13.2 Å². The van der Waals surface area contributed by atoms with Crippen LogP contribution in [0.25, 0.3) is 21.8 Å². The van der Waals surface area contributed by atoms with E-state index in [1.54, 1.807) is 12.1 Å². The third kappa shape index (κ3) is 2.33. The number of alkyl halides is 3. The number of fused-ring (bicyclic) bond motifs is 5. The van der Waals surface area contributed by atoms with Crippen molar-refractivity contribution in [1.82, 2.24) is 4.98 Å². The molecular weight excluding hydrogens is 397 g/mol. The number of nitrogens with one attached hydrogen (secondary N) is 1. The van der Waals surface area contributed by atoms with Crippen molar-refractivity contribution in [2.24, 2.45) is 0 Å². The molecule has 0 radical (unpaired) electrons. The van der Waals surface area contributed by atoms with Gasteiger partial charge in [0.25, 0.3) is 0 Å². The Hall–Kier alpha value is -3.94. The summed E-state index contributed by atoms with van der Waals surface area (Å²) >= 11 is 0. The summed E-state index contributed by atoms with van der Waals surface area (Å²) in [7, 11) is 0. The van der Waals surface area contributed by atoms with Gasteiger partial charge < -0.3 is 10.7 Å². The number of aromatic nitrogens is 1. The normalized spacial score (nSPS) is 13.6. The van der Waals surface area contributed by atoms with E-state index < -0.39 is 28.7 Å². The summed E-state index contributed by atoms with van der Waals surface area (Å²) in [4.78, 5) is 42.0. The molecule has 0 fully saturated rings. The second-order valence-corrected chi connectivity index (χ2v) is 7.05. The van der Waals surface area contributed by atoms with Crippen LogP contribution in [0.1, 0.15) is 37.4 Å². The van der Waals surface area contributed by atoms with Gasteiger partial charge in [-0.1, -0.05) is 24.3 Å². The Labute approximate surface area is 165 Å². The minimum atomic E-state index is -4.61. The second-order valence-electron chi connectivity index (χ2n) is 7.05. The highest BCUT2D eigenvalue weighted by atomic mass is 19.4. The van der Waals surface area contributed by atoms with Gasteiger partial charge in [0, 0.05) is 33.1 Å². The standard InChI is InChI=1S/C22H11F3N2O3/c23-22(24,25)9-5-6-15-12(7-9)19(28)13-8-14(26)16-17(18(13)27-15)21(30)11-4-2-1-3-10(11)20(16)29/h1-8H,26H2,(H,27,28). The molecule has 5 rings (SSSR count). The highest BCUT2D eigenvalue weighted by Gasteiger charge is 2.34. The fraction of sp³-hybridized carbons (Fsp3) is 0.0455. The third-order valence-electron chi connectivity index (χ3n) is 5.32. The quantitative estimate of drug-likeness (QED) is 0.299. The largest absolute Gasteiger partial charge is 0.416 e. The minimum Gasteiger partial charge on any atom is -0.398 e. The van der Waals surface area contributed by atoms with Gasteiger partial charge in [-0.15, -0.1) is 0 Å². The van der Waals surface area contributed by atoms with E-state index in [1.165, 1.54) is 18.2 Å². The number of rotatable bonds is 0. The number of aromatic amines is 1. The lowest BCUT2D eigenvalue weighted by Gasteiger charge is -2.21. The average Bonchev–Trinajstić information content (AvgIpc) is 2.71. The number of ketones is 2. The maximum Gasteiger partial charge on any atom is 0.416 e. The van der Waals surface area contributed by atoms with Gasteiger partial charge in [0.1, 0.15) is 0 Å². The summed E-state index contributed by atoms with van der Waals surface area (Å²) < 4.78 is 39.2. The number of hydrogen-bond donors (Lipinski definition) is 2. The predicted octanol–water partition coefficient (Wildman–Crippen LogP) is 4.06. The second kappa shape index (κ2) is 5.79. The van der Waals surface area contributed by atoms with Crippen LogP contribution in [0.5, 0.6) is 0 Å². The first kappa shape index (κ1) is 18.1. The molecule has 1 aliphatic rings. The molecule has 1 aliphatic carbocycles. The molecule has 3 aromatic carbocycles. The molecule has 0 bridgehead atoms. The Balaban J connectivity index is 1.91. The Morgan fingerprint density at radius 2 is 1.43 bits per heavy atom. The van der Waals surface area contributed by atoms with Gasteiger partial charge in [0.2, 0.25) is 0 Å². The van der Waals surface area contributed by atoms with Crippen molar-refractivity contribution in [3.8, 4) is 0 Å². The van der Waals surface area contributed by atoms with Gasteiger partial charge in [-0.25, -0.2) is 0 Å². The minimum absolute atomic E-state index is 0.0203. The van der Waals surface area contributed by atoms with Crippen LogP contribution in [0.4, 0.5) is 18.9 Å². The molecular formula is C22H11F3N2O3. The van der Waals surface area contributed by atoms with Crippen molar-refractivity contribution in [2.45, 2.75) is 6.18 Å². The molecule has 0 saturated heterocycles. The first-order valence-corrected chi connectivity index (χ1v) is 8.86. The number of carbonyl (C=O) groups is 2. The highest BCUT2D eigenvalue weighted by Crippen LogP contribution is 2.36. The van der Waals surface area contributed by atoms with Crippen LogP contribution in [0.15, 0.2) is 53.3 Å². The first-order chi connectivity index (χ1) is 14.2. The van der Waals surface area contributed by atoms with E-state index in [9.17, 15) is 27.6 Å². The van der Waals surface area contributed by atoms with Crippen LogP contribution < -0.4 is 11.2 Å². The van der Waals surface area contributed by atoms with Crippen molar-refractivity contribution in [1.29, 1.82) is 0 Å². The van der Waals surface area contributed by atoms with Crippen LogP contribution in [-0.2, 0) is 6.18 Å². The fourth-order valence-electron chi connectivity index (χ4n) is 3.93. The lowest BCUT2D eigenvalue weighted by molar-refractivity contribution is -0.137. The molecule has 0 unspecified atom stereocenters. The Morgan fingerprint density at radius 1 is 0.800 bits per heavy atom. The van der Waals surface area contributed by atoms with E-state index in [4.69, 9.17) is 5.73 Å². The number of pyridine rings is 1. The van der Waals surface area contributed by atoms with E-state index >= 15 is 0 Å². The molecule has 30 heavy (non-hydrogen) atoms. The number of anilines is 1. The molecule has 0 amide bonds. The van der Waals surface area contributed by atoms with E-state index in [0.29, 0.717) is 0 Å². The maximum absolute atomic E-state index is 13.2. The molecule has 148 valence electrons. The summed E-state index contributed by atoms with van der Waals surface area (Å²) in [5.41, 5.74) is 4.77. The van der Waals surface area contributed by atoms with Gasteiger partial charge in [-0.05, 0) is 24.3 Å². The molecule has 1 heterocycles. The molecule has 4 aromatic rings. The molecule has 1 aromatic heterocycles. The predicted molar refractivity (Wildman–Crippen MR) is 105 cm³/mol. The highest BCUT2D eigenvalue weighted by molar-refractivity contribution is 6.33. The van der Waals surface area contributed by atoms with Gasteiger partial charge >= 0.3 is 6.18 Å². The number of benzene rings is 3. The van der Waals surface area contributed by atoms with Crippen LogP contribution in [0, 0.1) is 0 Å². The molecule has 0 aliphatic heterocycles. The summed E-state index contributed by atoms with van der Waals surface area (Å²) in [5.74, 6) is -0.938. The molecule has 8 heteroatoms. The average molecular weight is 408 g/mol. The monoisotopic (exact) mass is 408 g/mol. The van der Waals surface area contributed by atoms with E-state index in [2.05, 4.69) is 4.98 Å². The molecule has 0 saturated carbocycles. The van der Waals surface area contributed by atoms with Gasteiger partial charge in [-0.3, -0.25) is 14.4 Å². The zero-order chi connectivity index (χ0) is 21.4. The van der Waals surface area contributed by atoms with Crippen molar-refractivity contribution in [3.63, 3.8) is 0 Å². The first-order valence-electron chi connectivity index (χ1n) is 8.86. The molecule has 5 nitrogen and oxygen atoms in total. The number of nitrogen functional groups attached to an aromatic ring is 1. The van der Waals surface area contributed by atoms with E-state index in [1.807, 2.05) is 0 Å². The SMILES string of the molecule is Nc1cc2c(=O)c3cc(C(F)(F)F)ccc3[nH]c2c2c1C(=O)c1ccccc1C2=O. The van der Waals surface area contributed by atoms with Crippen molar-refractivity contribution in [3.05, 3.63) is 86.6 Å². The van der Waals surface area contributed by atoms with Crippen LogP contribution >= 0.6 is 0 Å². The van der Waals surface area contributed by atoms with E-state index in [-0.39, 0.29) is 49.7 Å². The fourth-order valence-corrected chi connectivity index (χ4v) is 3.93. The summed E-state index contributed by atoms with van der Waals surface area (Å²) in [5, 5.41) is -0.245. The third-order valence-corrected chi connectivity index (χ3v) is 5.32. The summed E-state index contributed by atoms with van der Waals surface area (Å²) in [6, 6.07) is 10.2. The smallest absolute Gasteiger partial charge is 0.398 e. The van der Waals surface area contributed by atoms with Crippen LogP contribution in [0.2, 0.25) is 0 Å². The van der Waals surface area contributed by atoms with Crippen molar-refractivity contribution < 1.29 is 22.8 Å². The maximum atomic E-state index is 13.2. The lowest BCUT2D eigenvalue weighted by atomic mass is 9.82. The lowest BCUT2D eigenvalue weighted by Crippen LogP contribution is -2.24. The summed E-state index contributed by atoms with van der Waals surface area (Å²) in [6.45, 7) is 0. The Morgan fingerprint density at radius 3 is 2.07 bits per heavy atom. The van der Waals surface area contributed by atoms with Crippen molar-refractivity contribution in [2.75, 3.05) is 5.73 Å². The zero-order valence-corrected chi connectivity index (χ0v) is 15.1. The molecule has 0 spiro atoms. The van der Waals surface area contributed by atoms with Gasteiger partial charge in [0.15, 0.2) is 17.0 Å². The number of nitrogens with two attached hydrogens (primary N) is 1. The number of carbonyl (C=O) groups excluding carboxylic acids is 2. The number of halogens is 3. The molecule has 3 N–H and O–H groups in total.